The van der Waals surface area contributed by atoms with Crippen molar-refractivity contribution in [1.29, 1.82) is 5.26 Å². The van der Waals surface area contributed by atoms with Crippen molar-refractivity contribution in [2.24, 2.45) is 0 Å². The van der Waals surface area contributed by atoms with Gasteiger partial charge in [0, 0.05) is 6.07 Å². The minimum atomic E-state index is -0.272. The molecule has 1 atom stereocenters. The molecule has 0 N–H and O–H groups in total. The molecule has 0 fully saturated rings. The first kappa shape index (κ1) is 10.5. The van der Waals surface area contributed by atoms with Gasteiger partial charge in [-0.05, 0) is 12.1 Å². The summed E-state index contributed by atoms with van der Waals surface area (Å²) >= 11 is 0. The quantitative estimate of drug-likeness (QED) is 0.677. The van der Waals surface area contributed by atoms with Crippen LogP contribution in [0.5, 0.6) is 5.88 Å². The van der Waals surface area contributed by atoms with Crippen molar-refractivity contribution >= 4 is 0 Å². The van der Waals surface area contributed by atoms with Gasteiger partial charge in [-0.2, -0.15) is 5.26 Å². The molecule has 0 aliphatic carbocycles. The van der Waals surface area contributed by atoms with Gasteiger partial charge in [0.2, 0.25) is 0 Å². The lowest BCUT2D eigenvalue weighted by Gasteiger charge is -1.90. The monoisotopic (exact) mass is 168 g/mol. The van der Waals surface area contributed by atoms with Crippen molar-refractivity contribution in [3.05, 3.63) is 11.8 Å². The van der Waals surface area contributed by atoms with Gasteiger partial charge in [0.15, 0.2) is 5.76 Å². The van der Waals surface area contributed by atoms with E-state index in [1.54, 1.807) is 13.0 Å². The Morgan fingerprint density at radius 3 is 2.83 bits per heavy atom. The van der Waals surface area contributed by atoms with E-state index in [1.807, 2.05) is 6.07 Å². The zero-order valence-electron chi connectivity index (χ0n) is 6.37. The molecule has 0 radical (unpaired) electrons. The maximum Gasteiger partial charge on any atom is 0.254 e. The van der Waals surface area contributed by atoms with Gasteiger partial charge in [0.25, 0.3) is 5.88 Å². The second-order valence-corrected chi connectivity index (χ2v) is 2.12. The highest BCUT2D eigenvalue weighted by molar-refractivity contribution is 5.18. The molecular formula is C8H12N2O2. The summed E-state index contributed by atoms with van der Waals surface area (Å²) in [7, 11) is 1.50. The summed E-state index contributed by atoms with van der Waals surface area (Å²) in [5, 5.41) is 12.0. The van der Waals surface area contributed by atoms with Gasteiger partial charge in [0.05, 0.1) is 13.2 Å². The summed E-state index contributed by atoms with van der Waals surface area (Å²) in [6, 6.07) is 3.63. The van der Waals surface area contributed by atoms with Crippen LogP contribution in [0.3, 0.4) is 0 Å². The number of ether oxygens (including phenoxy) is 1. The number of hydrogen-bond acceptors (Lipinski definition) is 4. The summed E-state index contributed by atoms with van der Waals surface area (Å²) in [5.41, 5.74) is 0. The molecule has 1 rings (SSSR count). The van der Waals surface area contributed by atoms with E-state index in [1.165, 1.54) is 7.11 Å². The number of nitriles is 1. The molecule has 0 saturated heterocycles. The largest absolute Gasteiger partial charge is 0.479 e. The van der Waals surface area contributed by atoms with E-state index in [0.29, 0.717) is 11.6 Å². The Balaban J connectivity index is 0.00000121. The Kier molecular flexibility index (Phi) is 3.84. The van der Waals surface area contributed by atoms with Crippen LogP contribution in [-0.2, 0) is 0 Å². The third-order valence-electron chi connectivity index (χ3n) is 1.34. The van der Waals surface area contributed by atoms with Crippen LogP contribution in [-0.4, -0.2) is 12.3 Å². The summed E-state index contributed by atoms with van der Waals surface area (Å²) < 4.78 is 9.59. The van der Waals surface area contributed by atoms with Crippen molar-refractivity contribution in [3.63, 3.8) is 0 Å². The Hall–Kier alpha value is -1.50. The molecule has 66 valence electrons. The van der Waals surface area contributed by atoms with E-state index in [0.717, 1.165) is 0 Å². The fraction of sp³-hybridized carbons (Fsp3) is 0.500. The highest BCUT2D eigenvalue weighted by Crippen LogP contribution is 2.18. The SMILES string of the molecule is C.COc1cc(C(C)C#N)on1. The van der Waals surface area contributed by atoms with Crippen LogP contribution in [0.25, 0.3) is 0 Å². The first-order valence-electron chi connectivity index (χ1n) is 3.18. The van der Waals surface area contributed by atoms with Gasteiger partial charge >= 0.3 is 0 Å². The van der Waals surface area contributed by atoms with Crippen molar-refractivity contribution in [3.8, 4) is 11.9 Å². The van der Waals surface area contributed by atoms with Gasteiger partial charge in [-0.25, -0.2) is 0 Å². The minimum absolute atomic E-state index is 0. The summed E-state index contributed by atoms with van der Waals surface area (Å²) in [6.45, 7) is 1.74. The third-order valence-corrected chi connectivity index (χ3v) is 1.34. The highest BCUT2D eigenvalue weighted by atomic mass is 16.5. The molecule has 0 aromatic carbocycles. The number of hydrogen-bond donors (Lipinski definition) is 0. The molecule has 0 aliphatic rings. The van der Waals surface area contributed by atoms with Crippen LogP contribution < -0.4 is 4.74 Å². The Morgan fingerprint density at radius 2 is 2.42 bits per heavy atom. The van der Waals surface area contributed by atoms with E-state index in [4.69, 9.17) is 14.5 Å². The van der Waals surface area contributed by atoms with Gasteiger partial charge < -0.3 is 9.26 Å². The normalized spacial score (nSPS) is 11.1. The van der Waals surface area contributed by atoms with Crippen LogP contribution in [0.1, 0.15) is 26.0 Å². The van der Waals surface area contributed by atoms with Crippen molar-refractivity contribution in [1.82, 2.24) is 5.16 Å². The molecule has 4 nitrogen and oxygen atoms in total. The number of methoxy groups -OCH3 is 1. The first-order valence-corrected chi connectivity index (χ1v) is 3.18. The average molecular weight is 168 g/mol. The molecule has 12 heavy (non-hydrogen) atoms. The van der Waals surface area contributed by atoms with Crippen LogP contribution in [0, 0.1) is 11.3 Å². The van der Waals surface area contributed by atoms with E-state index < -0.39 is 0 Å². The lowest BCUT2D eigenvalue weighted by Crippen LogP contribution is -1.84. The lowest BCUT2D eigenvalue weighted by molar-refractivity contribution is 0.325. The molecule has 0 aliphatic heterocycles. The van der Waals surface area contributed by atoms with E-state index in [2.05, 4.69) is 5.16 Å². The van der Waals surface area contributed by atoms with Gasteiger partial charge in [0.1, 0.15) is 5.92 Å². The van der Waals surface area contributed by atoms with E-state index >= 15 is 0 Å². The summed E-state index contributed by atoms with van der Waals surface area (Å²) in [6.07, 6.45) is 0. The van der Waals surface area contributed by atoms with E-state index in [-0.39, 0.29) is 13.3 Å². The zero-order valence-corrected chi connectivity index (χ0v) is 6.37. The van der Waals surface area contributed by atoms with Gasteiger partial charge in [-0.3, -0.25) is 0 Å². The number of rotatable bonds is 2. The Labute approximate surface area is 71.7 Å². The molecule has 1 unspecified atom stereocenters. The fourth-order valence-electron chi connectivity index (χ4n) is 0.636. The minimum Gasteiger partial charge on any atom is -0.479 e. The van der Waals surface area contributed by atoms with Gasteiger partial charge in [-0.15, -0.1) is 0 Å². The maximum absolute atomic E-state index is 8.49. The van der Waals surface area contributed by atoms with Crippen molar-refractivity contribution < 1.29 is 9.26 Å². The fourth-order valence-corrected chi connectivity index (χ4v) is 0.636. The van der Waals surface area contributed by atoms with E-state index in [9.17, 15) is 0 Å². The summed E-state index contributed by atoms with van der Waals surface area (Å²) in [4.78, 5) is 0. The maximum atomic E-state index is 8.49. The highest BCUT2D eigenvalue weighted by Gasteiger charge is 2.10. The predicted octanol–water partition coefficient (Wildman–Crippen LogP) is 1.95. The smallest absolute Gasteiger partial charge is 0.254 e. The first-order chi connectivity index (χ1) is 5.27. The Morgan fingerprint density at radius 1 is 1.75 bits per heavy atom. The van der Waals surface area contributed by atoms with Crippen LogP contribution >= 0.6 is 0 Å². The molecule has 1 aromatic rings. The molecule has 4 heteroatoms. The third kappa shape index (κ3) is 1.99. The lowest BCUT2D eigenvalue weighted by atomic mass is 10.1. The molecule has 0 spiro atoms. The van der Waals surface area contributed by atoms with Gasteiger partial charge in [-0.1, -0.05) is 7.43 Å². The second-order valence-electron chi connectivity index (χ2n) is 2.12. The second kappa shape index (κ2) is 4.39. The zero-order chi connectivity index (χ0) is 8.27. The average Bonchev–Trinajstić information content (AvgIpc) is 2.50. The molecule has 0 bridgehead atoms. The van der Waals surface area contributed by atoms with Crippen LogP contribution in [0.4, 0.5) is 0 Å². The van der Waals surface area contributed by atoms with Crippen LogP contribution in [0.15, 0.2) is 10.6 Å². The van der Waals surface area contributed by atoms with Crippen molar-refractivity contribution in [2.75, 3.05) is 7.11 Å². The molecule has 1 heterocycles. The molecular weight excluding hydrogens is 156 g/mol. The molecule has 0 saturated carbocycles. The molecule has 0 amide bonds. The number of aromatic nitrogens is 1. The molecule has 1 aromatic heterocycles. The topological polar surface area (TPSA) is 59.0 Å². The standard InChI is InChI=1S/C7H8N2O2.CH4/c1-5(4-8)6-3-7(10-2)9-11-6;/h3,5H,1-2H3;1H4. The van der Waals surface area contributed by atoms with Crippen LogP contribution in [0.2, 0.25) is 0 Å². The Bertz CT molecular complexity index is 275. The summed E-state index contributed by atoms with van der Waals surface area (Å²) in [5.74, 6) is 0.665. The predicted molar refractivity (Wildman–Crippen MR) is 43.8 cm³/mol. The van der Waals surface area contributed by atoms with Crippen molar-refractivity contribution in [2.45, 2.75) is 20.3 Å². The number of nitrogens with zero attached hydrogens (tertiary/aromatic N) is 2.